The third-order valence-corrected chi connectivity index (χ3v) is 2.91. The Hall–Kier alpha value is -2.08. The van der Waals surface area contributed by atoms with Gasteiger partial charge in [-0.2, -0.15) is 0 Å². The van der Waals surface area contributed by atoms with E-state index in [-0.39, 0.29) is 6.61 Å². The minimum atomic E-state index is -1.44. The number of rotatable bonds is 7. The van der Waals surface area contributed by atoms with Crippen molar-refractivity contribution in [1.29, 1.82) is 0 Å². The number of carboxylic acids is 2. The maximum absolute atomic E-state index is 11.3. The van der Waals surface area contributed by atoms with Crippen molar-refractivity contribution in [3.63, 3.8) is 0 Å². The van der Waals surface area contributed by atoms with Crippen LogP contribution in [0.5, 0.6) is 5.75 Å². The maximum atomic E-state index is 11.3. The van der Waals surface area contributed by atoms with E-state index in [1.165, 1.54) is 26.0 Å². The van der Waals surface area contributed by atoms with Crippen LogP contribution in [0.2, 0.25) is 0 Å². The molecule has 0 fully saturated rings. The van der Waals surface area contributed by atoms with E-state index >= 15 is 0 Å². The van der Waals surface area contributed by atoms with Gasteiger partial charge >= 0.3 is 11.9 Å². The molecule has 2 unspecified atom stereocenters. The summed E-state index contributed by atoms with van der Waals surface area (Å²) in [4.78, 5) is 22.0. The smallest absolute Gasteiger partial charge is 0.344 e. The van der Waals surface area contributed by atoms with E-state index in [9.17, 15) is 14.7 Å². The second-order valence-electron chi connectivity index (χ2n) is 4.39. The molecule has 0 amide bonds. The fourth-order valence-corrected chi connectivity index (χ4v) is 1.66. The molecule has 0 bridgehead atoms. The molecule has 0 aliphatic rings. The highest BCUT2D eigenvalue weighted by molar-refractivity contribution is 5.79. The Morgan fingerprint density at radius 3 is 2.20 bits per heavy atom. The summed E-state index contributed by atoms with van der Waals surface area (Å²) in [7, 11) is 0. The Morgan fingerprint density at radius 2 is 1.80 bits per heavy atom. The fourth-order valence-electron chi connectivity index (χ4n) is 1.66. The summed E-state index contributed by atoms with van der Waals surface area (Å²) in [5.74, 6) is -1.81. The number of carbonyl (C=O) groups is 2. The highest BCUT2D eigenvalue weighted by Gasteiger charge is 2.35. The largest absolute Gasteiger partial charge is 0.479 e. The summed E-state index contributed by atoms with van der Waals surface area (Å²) in [6.07, 6.45) is -0.974. The van der Waals surface area contributed by atoms with Gasteiger partial charge in [-0.05, 0) is 38.5 Å². The van der Waals surface area contributed by atoms with Gasteiger partial charge in [-0.1, -0.05) is 12.1 Å². The van der Waals surface area contributed by atoms with Gasteiger partial charge in [0.1, 0.15) is 5.75 Å². The van der Waals surface area contributed by atoms with E-state index in [1.54, 1.807) is 19.1 Å². The lowest BCUT2D eigenvalue weighted by atomic mass is 9.96. The lowest BCUT2D eigenvalue weighted by Gasteiger charge is -2.25. The third kappa shape index (κ3) is 3.48. The average molecular weight is 282 g/mol. The summed E-state index contributed by atoms with van der Waals surface area (Å²) < 4.78 is 10.5. The van der Waals surface area contributed by atoms with Gasteiger partial charge in [-0.25, -0.2) is 9.59 Å². The van der Waals surface area contributed by atoms with Crippen molar-refractivity contribution < 1.29 is 29.3 Å². The molecule has 2 atom stereocenters. The SMILES string of the molecule is CCOC(C)(C(=O)O)c1ccc(OC(C)C(=O)O)cc1. The van der Waals surface area contributed by atoms with E-state index < -0.39 is 23.6 Å². The number of hydrogen-bond donors (Lipinski definition) is 2. The Morgan fingerprint density at radius 1 is 1.25 bits per heavy atom. The molecular formula is C14H18O6. The molecule has 1 aromatic carbocycles. The van der Waals surface area contributed by atoms with Crippen LogP contribution in [-0.2, 0) is 19.9 Å². The van der Waals surface area contributed by atoms with Gasteiger partial charge in [-0.15, -0.1) is 0 Å². The molecule has 6 heteroatoms. The van der Waals surface area contributed by atoms with Crippen molar-refractivity contribution in [1.82, 2.24) is 0 Å². The Balaban J connectivity index is 2.94. The molecule has 0 heterocycles. The molecule has 20 heavy (non-hydrogen) atoms. The van der Waals surface area contributed by atoms with Crippen LogP contribution in [0, 0.1) is 0 Å². The Kier molecular flexibility index (Phi) is 5.10. The number of ether oxygens (including phenoxy) is 2. The topological polar surface area (TPSA) is 93.1 Å². The summed E-state index contributed by atoms with van der Waals surface area (Å²) in [6, 6.07) is 6.14. The predicted molar refractivity (Wildman–Crippen MR) is 70.8 cm³/mol. The first-order valence-electron chi connectivity index (χ1n) is 6.18. The highest BCUT2D eigenvalue weighted by Crippen LogP contribution is 2.27. The van der Waals surface area contributed by atoms with Gasteiger partial charge in [0, 0.05) is 6.61 Å². The van der Waals surface area contributed by atoms with Crippen molar-refractivity contribution in [2.24, 2.45) is 0 Å². The molecule has 2 N–H and O–H groups in total. The van der Waals surface area contributed by atoms with Crippen LogP contribution in [-0.4, -0.2) is 34.9 Å². The molecule has 0 saturated carbocycles. The molecule has 0 aromatic heterocycles. The molecule has 1 rings (SSSR count). The van der Waals surface area contributed by atoms with E-state index in [0.717, 1.165) is 0 Å². The van der Waals surface area contributed by atoms with Crippen LogP contribution in [0.4, 0.5) is 0 Å². The second kappa shape index (κ2) is 6.38. The molecule has 1 aromatic rings. The zero-order valence-electron chi connectivity index (χ0n) is 11.6. The first-order valence-corrected chi connectivity index (χ1v) is 6.18. The van der Waals surface area contributed by atoms with E-state index in [4.69, 9.17) is 14.6 Å². The van der Waals surface area contributed by atoms with E-state index in [2.05, 4.69) is 0 Å². The molecule has 0 radical (unpaired) electrons. The minimum absolute atomic E-state index is 0.261. The average Bonchev–Trinajstić information content (AvgIpc) is 2.39. The van der Waals surface area contributed by atoms with Crippen LogP contribution < -0.4 is 4.74 Å². The van der Waals surface area contributed by atoms with Crippen molar-refractivity contribution in [3.05, 3.63) is 29.8 Å². The van der Waals surface area contributed by atoms with Crippen LogP contribution >= 0.6 is 0 Å². The zero-order valence-corrected chi connectivity index (χ0v) is 11.6. The number of benzene rings is 1. The van der Waals surface area contributed by atoms with Crippen LogP contribution in [0.1, 0.15) is 26.3 Å². The molecule has 0 spiro atoms. The molecular weight excluding hydrogens is 264 g/mol. The first kappa shape index (κ1) is 16.0. The van der Waals surface area contributed by atoms with Crippen molar-refractivity contribution in [2.75, 3.05) is 6.61 Å². The van der Waals surface area contributed by atoms with Gasteiger partial charge in [0.05, 0.1) is 0 Å². The van der Waals surface area contributed by atoms with Crippen molar-refractivity contribution in [3.8, 4) is 5.75 Å². The van der Waals surface area contributed by atoms with Crippen molar-refractivity contribution >= 4 is 11.9 Å². The molecule has 0 saturated heterocycles. The van der Waals surface area contributed by atoms with Gasteiger partial charge in [0.15, 0.2) is 11.7 Å². The molecule has 0 aliphatic carbocycles. The predicted octanol–water partition coefficient (Wildman–Crippen LogP) is 1.87. The second-order valence-corrected chi connectivity index (χ2v) is 4.39. The summed E-state index contributed by atoms with van der Waals surface area (Å²) in [5.41, 5.74) is -0.978. The minimum Gasteiger partial charge on any atom is -0.479 e. The summed E-state index contributed by atoms with van der Waals surface area (Å²) >= 11 is 0. The molecule has 0 aliphatic heterocycles. The van der Waals surface area contributed by atoms with Crippen LogP contribution in [0.3, 0.4) is 0 Å². The number of aliphatic carboxylic acids is 2. The normalized spacial score (nSPS) is 15.2. The van der Waals surface area contributed by atoms with Crippen LogP contribution in [0.15, 0.2) is 24.3 Å². The summed E-state index contributed by atoms with van der Waals surface area (Å²) in [6.45, 7) is 4.86. The Bertz CT molecular complexity index is 481. The lowest BCUT2D eigenvalue weighted by Crippen LogP contribution is -2.35. The molecule has 6 nitrogen and oxygen atoms in total. The third-order valence-electron chi connectivity index (χ3n) is 2.91. The zero-order chi connectivity index (χ0) is 15.3. The molecule has 110 valence electrons. The van der Waals surface area contributed by atoms with Gasteiger partial charge in [-0.3, -0.25) is 0 Å². The highest BCUT2D eigenvalue weighted by atomic mass is 16.5. The number of carboxylic acid groups (broad SMARTS) is 2. The monoisotopic (exact) mass is 282 g/mol. The van der Waals surface area contributed by atoms with Gasteiger partial charge in [0.2, 0.25) is 0 Å². The standard InChI is InChI=1S/C14H18O6/c1-4-19-14(3,13(17)18)10-5-7-11(8-6-10)20-9(2)12(15)16/h5-9H,4H2,1-3H3,(H,15,16)(H,17,18). The van der Waals surface area contributed by atoms with E-state index in [0.29, 0.717) is 11.3 Å². The van der Waals surface area contributed by atoms with Gasteiger partial charge in [0.25, 0.3) is 0 Å². The van der Waals surface area contributed by atoms with Gasteiger partial charge < -0.3 is 19.7 Å². The Labute approximate surface area is 116 Å². The van der Waals surface area contributed by atoms with E-state index in [1.807, 2.05) is 0 Å². The lowest BCUT2D eigenvalue weighted by molar-refractivity contribution is -0.164. The first-order chi connectivity index (χ1) is 9.31. The maximum Gasteiger partial charge on any atom is 0.344 e. The van der Waals surface area contributed by atoms with Crippen LogP contribution in [0.25, 0.3) is 0 Å². The van der Waals surface area contributed by atoms with Crippen molar-refractivity contribution in [2.45, 2.75) is 32.5 Å². The number of hydrogen-bond acceptors (Lipinski definition) is 4. The fraction of sp³-hybridized carbons (Fsp3) is 0.429. The quantitative estimate of drug-likeness (QED) is 0.793. The summed E-state index contributed by atoms with van der Waals surface area (Å²) in [5, 5.41) is 18.0.